The first-order valence-electron chi connectivity index (χ1n) is 3.74. The van der Waals surface area contributed by atoms with Crippen molar-refractivity contribution < 1.29 is 67.1 Å². The quantitative estimate of drug-likeness (QED) is 0.445. The Hall–Kier alpha value is 0.704. The van der Waals surface area contributed by atoms with Gasteiger partial charge in [0.05, 0.1) is 0 Å². The monoisotopic (exact) mass is 320 g/mol. The summed E-state index contributed by atoms with van der Waals surface area (Å²) in [5.74, 6) is 0. The summed E-state index contributed by atoms with van der Waals surface area (Å²) in [5.41, 5.74) is 4.28. The molecule has 82 valence electrons. The largest absolute Gasteiger partial charge is 1.00 e. The Kier molecular flexibility index (Phi) is 12.4. The smallest absolute Gasteiger partial charge is 1.00 e. The van der Waals surface area contributed by atoms with Crippen LogP contribution >= 0.6 is 0 Å². The topological polar surface area (TPSA) is 0 Å². The van der Waals surface area contributed by atoms with Crippen molar-refractivity contribution in [3.63, 3.8) is 0 Å². The van der Waals surface area contributed by atoms with Crippen LogP contribution in [-0.4, -0.2) is 0 Å². The maximum Gasteiger partial charge on any atom is -1.00 e. The number of halogens is 4. The molecule has 0 amide bonds. The Morgan fingerprint density at radius 2 is 1.53 bits per heavy atom. The van der Waals surface area contributed by atoms with E-state index in [1.54, 1.807) is 0 Å². The molecule has 0 spiro atoms. The van der Waals surface area contributed by atoms with Gasteiger partial charge in [-0.3, -0.25) is 0 Å². The molecule has 1 aliphatic rings. The van der Waals surface area contributed by atoms with Crippen LogP contribution in [0.15, 0.2) is 29.8 Å². The Labute approximate surface area is 125 Å². The zero-order chi connectivity index (χ0) is 7.84. The van der Waals surface area contributed by atoms with E-state index in [0.29, 0.717) is 4.63 Å². The van der Waals surface area contributed by atoms with Crippen molar-refractivity contribution in [3.8, 4) is 0 Å². The van der Waals surface area contributed by atoms with Gasteiger partial charge in [0.2, 0.25) is 0 Å². The SMILES string of the molecule is CC1=Cc2ccccc2[CH]1[V+4].[Cl-].[Cl-].[Cl-].[Cl-]. The van der Waals surface area contributed by atoms with Crippen LogP contribution in [0.25, 0.3) is 6.08 Å². The van der Waals surface area contributed by atoms with Gasteiger partial charge in [0.1, 0.15) is 0 Å². The van der Waals surface area contributed by atoms with Crippen LogP contribution in [0.3, 0.4) is 0 Å². The molecule has 1 unspecified atom stereocenters. The molecule has 15 heavy (non-hydrogen) atoms. The summed E-state index contributed by atoms with van der Waals surface area (Å²) in [4.78, 5) is 0. The summed E-state index contributed by atoms with van der Waals surface area (Å²) < 4.78 is 0.568. The molecule has 1 aliphatic carbocycles. The molecular formula is C10H9Cl4V. The Bertz CT molecular complexity index is 325. The molecule has 0 saturated heterocycles. The van der Waals surface area contributed by atoms with Gasteiger partial charge in [-0.1, -0.05) is 0 Å². The molecule has 0 aromatic heterocycles. The van der Waals surface area contributed by atoms with Crippen molar-refractivity contribution in [1.29, 1.82) is 0 Å². The number of fused-ring (bicyclic) bond motifs is 1. The summed E-state index contributed by atoms with van der Waals surface area (Å²) in [6, 6.07) is 8.57. The van der Waals surface area contributed by atoms with Gasteiger partial charge in [0, 0.05) is 0 Å². The zero-order valence-corrected chi connectivity index (χ0v) is 12.3. The van der Waals surface area contributed by atoms with Gasteiger partial charge in [-0.2, -0.15) is 0 Å². The second-order valence-corrected chi connectivity index (χ2v) is 3.73. The van der Waals surface area contributed by atoms with E-state index in [0.717, 1.165) is 0 Å². The summed E-state index contributed by atoms with van der Waals surface area (Å²) in [6.07, 6.45) is 2.26. The van der Waals surface area contributed by atoms with E-state index in [1.165, 1.54) is 16.7 Å². The third-order valence-corrected chi connectivity index (χ3v) is 3.18. The standard InChI is InChI=1S/C10H9.4ClH.V/c1-8-6-9-4-2-3-5-10(9)7-8;;;;;/h2-7H,1H3;4*1H;/q;;;;;+4/p-4. The fourth-order valence-corrected chi connectivity index (χ4v) is 1.94. The van der Waals surface area contributed by atoms with Gasteiger partial charge in [-0.15, -0.1) is 0 Å². The Balaban J connectivity index is -0.000000360. The molecule has 0 radical (unpaired) electrons. The minimum absolute atomic E-state index is 0. The van der Waals surface area contributed by atoms with Crippen molar-refractivity contribution in [2.24, 2.45) is 0 Å². The van der Waals surface area contributed by atoms with Crippen molar-refractivity contribution in [1.82, 2.24) is 0 Å². The van der Waals surface area contributed by atoms with Gasteiger partial charge < -0.3 is 49.6 Å². The minimum Gasteiger partial charge on any atom is -1.00 e. The molecule has 0 nitrogen and oxygen atoms in total. The van der Waals surface area contributed by atoms with Crippen LogP contribution in [0.4, 0.5) is 0 Å². The van der Waals surface area contributed by atoms with Gasteiger partial charge in [-0.05, 0) is 0 Å². The average Bonchev–Trinajstić information content (AvgIpc) is 2.30. The van der Waals surface area contributed by atoms with Crippen LogP contribution in [0, 0.1) is 0 Å². The molecule has 0 fully saturated rings. The van der Waals surface area contributed by atoms with E-state index in [4.69, 9.17) is 0 Å². The first-order chi connectivity index (χ1) is 5.29. The van der Waals surface area contributed by atoms with Crippen LogP contribution in [-0.2, 0) is 17.4 Å². The van der Waals surface area contributed by atoms with Crippen molar-refractivity contribution in [2.45, 2.75) is 11.6 Å². The summed E-state index contributed by atoms with van der Waals surface area (Å²) >= 11 is 2.72. The second-order valence-electron chi connectivity index (χ2n) is 2.92. The first kappa shape index (κ1) is 21.0. The summed E-state index contributed by atoms with van der Waals surface area (Å²) in [7, 11) is 0. The van der Waals surface area contributed by atoms with E-state index >= 15 is 0 Å². The molecular weight excluding hydrogens is 313 g/mol. The van der Waals surface area contributed by atoms with Crippen LogP contribution in [0.1, 0.15) is 22.7 Å². The first-order valence-corrected chi connectivity index (χ1v) is 4.55. The predicted octanol–water partition coefficient (Wildman–Crippen LogP) is -9.29. The predicted molar refractivity (Wildman–Crippen MR) is 42.8 cm³/mol. The van der Waals surface area contributed by atoms with Gasteiger partial charge in [-0.25, -0.2) is 0 Å². The van der Waals surface area contributed by atoms with E-state index in [9.17, 15) is 0 Å². The van der Waals surface area contributed by atoms with Gasteiger partial charge in [0.15, 0.2) is 0 Å². The number of hydrogen-bond acceptors (Lipinski definition) is 0. The number of hydrogen-bond donors (Lipinski definition) is 0. The number of allylic oxidation sites excluding steroid dienone is 1. The van der Waals surface area contributed by atoms with Crippen LogP contribution in [0.5, 0.6) is 0 Å². The van der Waals surface area contributed by atoms with Gasteiger partial charge in [0.25, 0.3) is 0 Å². The van der Waals surface area contributed by atoms with Crippen LogP contribution in [0.2, 0.25) is 0 Å². The number of benzene rings is 1. The van der Waals surface area contributed by atoms with Crippen molar-refractivity contribution in [2.75, 3.05) is 0 Å². The molecule has 1 atom stereocenters. The Morgan fingerprint density at radius 3 is 2.07 bits per heavy atom. The molecule has 0 saturated carbocycles. The fraction of sp³-hybridized carbons (Fsp3) is 0.200. The summed E-state index contributed by atoms with van der Waals surface area (Å²) in [6.45, 7) is 2.18. The maximum absolute atomic E-state index is 2.72. The maximum atomic E-state index is 2.72. The number of rotatable bonds is 0. The third-order valence-electron chi connectivity index (χ3n) is 2.11. The van der Waals surface area contributed by atoms with Crippen LogP contribution < -0.4 is 49.6 Å². The van der Waals surface area contributed by atoms with E-state index < -0.39 is 0 Å². The summed E-state index contributed by atoms with van der Waals surface area (Å²) in [5, 5.41) is 0. The average molecular weight is 322 g/mol. The van der Waals surface area contributed by atoms with Gasteiger partial charge >= 0.3 is 76.0 Å². The Morgan fingerprint density at radius 1 is 1.00 bits per heavy atom. The van der Waals surface area contributed by atoms with E-state index in [2.05, 4.69) is 54.7 Å². The molecule has 0 N–H and O–H groups in total. The molecule has 0 bridgehead atoms. The fourth-order valence-electron chi connectivity index (χ4n) is 1.46. The molecule has 0 heterocycles. The van der Waals surface area contributed by atoms with Crippen molar-refractivity contribution >= 4 is 6.08 Å². The van der Waals surface area contributed by atoms with E-state index in [1.807, 2.05) is 0 Å². The minimum atomic E-state index is 0. The molecule has 2 rings (SSSR count). The normalized spacial score (nSPS) is 15.7. The zero-order valence-electron chi connectivity index (χ0n) is 7.92. The molecule has 1 aromatic rings. The third kappa shape index (κ3) is 4.22. The molecule has 5 heteroatoms. The molecule has 0 aliphatic heterocycles. The second kappa shape index (κ2) is 8.81. The molecule has 1 aromatic carbocycles. The van der Waals surface area contributed by atoms with Crippen molar-refractivity contribution in [3.05, 3.63) is 41.0 Å². The van der Waals surface area contributed by atoms with E-state index in [-0.39, 0.29) is 49.6 Å².